The normalized spacial score (nSPS) is 13.6. The van der Waals surface area contributed by atoms with E-state index in [-0.39, 0.29) is 17.2 Å². The molecule has 1 amide bonds. The highest BCUT2D eigenvalue weighted by atomic mass is 19.4. The van der Waals surface area contributed by atoms with E-state index in [4.69, 9.17) is 15.2 Å². The number of aryl methyl sites for hydroxylation is 1. The fourth-order valence-electron chi connectivity index (χ4n) is 5.26. The Kier molecular flexibility index (Phi) is 7.94. The first-order valence-corrected chi connectivity index (χ1v) is 14.0. The highest BCUT2D eigenvalue weighted by molar-refractivity contribution is 6.06. The SMILES string of the molecule is COc1c(-c2cc(C(=O)Nc3cccc(C(F)(F)F)c3)ccc2C)cc2cnc(N)nc2c1-c1cnc(N2CCOCC2)nc1. The van der Waals surface area contributed by atoms with E-state index in [1.807, 2.05) is 17.9 Å². The summed E-state index contributed by atoms with van der Waals surface area (Å²) in [6.07, 6.45) is 0.461. The van der Waals surface area contributed by atoms with Crippen LogP contribution in [0.15, 0.2) is 67.1 Å². The van der Waals surface area contributed by atoms with Crippen LogP contribution in [0.3, 0.4) is 0 Å². The second-order valence-corrected chi connectivity index (χ2v) is 10.4. The first-order chi connectivity index (χ1) is 21.6. The van der Waals surface area contributed by atoms with Gasteiger partial charge in [0.15, 0.2) is 0 Å². The Hall–Kier alpha value is -5.30. The number of alkyl halides is 3. The second kappa shape index (κ2) is 12.0. The third-order valence-corrected chi connectivity index (χ3v) is 7.51. The minimum Gasteiger partial charge on any atom is -0.495 e. The Morgan fingerprint density at radius 3 is 2.47 bits per heavy atom. The number of amides is 1. The lowest BCUT2D eigenvalue weighted by atomic mass is 9.92. The summed E-state index contributed by atoms with van der Waals surface area (Å²) < 4.78 is 51.1. The number of ether oxygens (including phenoxy) is 2. The van der Waals surface area contributed by atoms with Crippen LogP contribution in [0.5, 0.6) is 5.75 Å². The molecular formula is C32H28F3N7O3. The number of rotatable bonds is 6. The van der Waals surface area contributed by atoms with Crippen LogP contribution < -0.4 is 20.7 Å². The van der Waals surface area contributed by atoms with Gasteiger partial charge in [-0.15, -0.1) is 0 Å². The van der Waals surface area contributed by atoms with Gasteiger partial charge in [0.25, 0.3) is 5.91 Å². The number of nitrogens with two attached hydrogens (primary N) is 1. The zero-order valence-electron chi connectivity index (χ0n) is 24.4. The molecule has 0 aliphatic carbocycles. The number of carbonyl (C=O) groups excluding carboxylic acids is 1. The van der Waals surface area contributed by atoms with Crippen molar-refractivity contribution in [3.8, 4) is 28.0 Å². The molecule has 0 atom stereocenters. The monoisotopic (exact) mass is 615 g/mol. The van der Waals surface area contributed by atoms with Gasteiger partial charge in [-0.1, -0.05) is 12.1 Å². The maximum atomic E-state index is 13.2. The molecule has 6 rings (SSSR count). The van der Waals surface area contributed by atoms with Crippen LogP contribution in [0, 0.1) is 6.92 Å². The van der Waals surface area contributed by atoms with E-state index < -0.39 is 17.6 Å². The predicted octanol–water partition coefficient (Wildman–Crippen LogP) is 5.76. The van der Waals surface area contributed by atoms with Gasteiger partial charge < -0.3 is 25.4 Å². The molecule has 45 heavy (non-hydrogen) atoms. The van der Waals surface area contributed by atoms with E-state index in [1.165, 1.54) is 19.2 Å². The van der Waals surface area contributed by atoms with Gasteiger partial charge in [0, 0.05) is 59.4 Å². The van der Waals surface area contributed by atoms with Crippen molar-refractivity contribution in [2.45, 2.75) is 13.1 Å². The summed E-state index contributed by atoms with van der Waals surface area (Å²) in [7, 11) is 1.53. The highest BCUT2D eigenvalue weighted by Crippen LogP contribution is 2.44. The number of morpholine rings is 1. The van der Waals surface area contributed by atoms with Crippen molar-refractivity contribution in [2.24, 2.45) is 0 Å². The van der Waals surface area contributed by atoms with Crippen LogP contribution in [0.25, 0.3) is 33.2 Å². The fraction of sp³-hybridized carbons (Fsp3) is 0.219. The molecule has 0 saturated carbocycles. The van der Waals surface area contributed by atoms with Crippen LogP contribution in [-0.4, -0.2) is 59.3 Å². The standard InChI is InChI=1S/C32H28F3N7O3/c1-18-6-7-19(29(43)40-23-5-3-4-22(14-23)32(33,34)35)12-24(18)25-13-20-15-37-30(36)41-27(20)26(28(25)44-2)21-16-38-31(39-17-21)42-8-10-45-11-9-42/h3-7,12-17H,8-11H2,1-2H3,(H,40,43)(H2,36,37,41). The first kappa shape index (κ1) is 29.8. The number of anilines is 3. The third kappa shape index (κ3) is 6.07. The lowest BCUT2D eigenvalue weighted by Crippen LogP contribution is -2.37. The summed E-state index contributed by atoms with van der Waals surface area (Å²) in [6.45, 7) is 4.44. The number of aromatic nitrogens is 4. The Morgan fingerprint density at radius 1 is 1.00 bits per heavy atom. The van der Waals surface area contributed by atoms with Crippen LogP contribution in [0.1, 0.15) is 21.5 Å². The molecule has 230 valence electrons. The van der Waals surface area contributed by atoms with Crippen molar-refractivity contribution in [2.75, 3.05) is 49.4 Å². The van der Waals surface area contributed by atoms with Gasteiger partial charge >= 0.3 is 6.18 Å². The Bertz CT molecular complexity index is 1890. The summed E-state index contributed by atoms with van der Waals surface area (Å²) >= 11 is 0. The molecule has 0 bridgehead atoms. The minimum absolute atomic E-state index is 0.0257. The van der Waals surface area contributed by atoms with Gasteiger partial charge in [0.1, 0.15) is 5.75 Å². The van der Waals surface area contributed by atoms with Crippen molar-refractivity contribution in [3.63, 3.8) is 0 Å². The van der Waals surface area contributed by atoms with E-state index in [0.717, 1.165) is 17.7 Å². The fourth-order valence-corrected chi connectivity index (χ4v) is 5.26. The smallest absolute Gasteiger partial charge is 0.416 e. The summed E-state index contributed by atoms with van der Waals surface area (Å²) in [5, 5.41) is 3.23. The van der Waals surface area contributed by atoms with E-state index in [9.17, 15) is 18.0 Å². The van der Waals surface area contributed by atoms with Gasteiger partial charge in [-0.3, -0.25) is 4.79 Å². The van der Waals surface area contributed by atoms with Crippen molar-refractivity contribution >= 4 is 34.4 Å². The molecule has 3 aromatic carbocycles. The Labute approximate surface area is 256 Å². The van der Waals surface area contributed by atoms with Crippen LogP contribution >= 0.6 is 0 Å². The topological polar surface area (TPSA) is 128 Å². The molecule has 5 aromatic rings. The number of nitrogens with one attached hydrogen (secondary N) is 1. The van der Waals surface area contributed by atoms with E-state index in [2.05, 4.69) is 25.3 Å². The molecule has 0 unspecified atom stereocenters. The first-order valence-electron chi connectivity index (χ1n) is 14.0. The summed E-state index contributed by atoms with van der Waals surface area (Å²) in [5.41, 5.74) is 9.26. The van der Waals surface area contributed by atoms with Crippen molar-refractivity contribution in [3.05, 3.63) is 83.8 Å². The maximum absolute atomic E-state index is 13.2. The number of halogens is 3. The highest BCUT2D eigenvalue weighted by Gasteiger charge is 2.30. The molecule has 3 N–H and O–H groups in total. The number of carbonyl (C=O) groups is 1. The van der Waals surface area contributed by atoms with Gasteiger partial charge in [0.2, 0.25) is 11.9 Å². The molecule has 0 radical (unpaired) electrons. The molecule has 2 aromatic heterocycles. The third-order valence-electron chi connectivity index (χ3n) is 7.51. The Balaban J connectivity index is 1.43. The largest absolute Gasteiger partial charge is 0.495 e. The zero-order valence-corrected chi connectivity index (χ0v) is 24.4. The lowest BCUT2D eigenvalue weighted by molar-refractivity contribution is -0.137. The number of nitrogen functional groups attached to an aromatic ring is 1. The number of hydrogen-bond acceptors (Lipinski definition) is 9. The van der Waals surface area contributed by atoms with Crippen LogP contribution in [0.2, 0.25) is 0 Å². The van der Waals surface area contributed by atoms with Crippen molar-refractivity contribution in [1.82, 2.24) is 19.9 Å². The minimum atomic E-state index is -4.54. The Morgan fingerprint density at radius 2 is 1.76 bits per heavy atom. The lowest BCUT2D eigenvalue weighted by Gasteiger charge is -2.26. The summed E-state index contributed by atoms with van der Waals surface area (Å²) in [4.78, 5) is 33.2. The molecule has 1 fully saturated rings. The molecule has 10 nitrogen and oxygen atoms in total. The number of nitrogens with zero attached hydrogens (tertiary/aromatic N) is 5. The number of hydrogen-bond donors (Lipinski definition) is 2. The van der Waals surface area contributed by atoms with Gasteiger partial charge in [-0.25, -0.2) is 19.9 Å². The molecule has 0 spiro atoms. The van der Waals surface area contributed by atoms with Gasteiger partial charge in [-0.05, 0) is 54.4 Å². The number of methoxy groups -OCH3 is 1. The van der Waals surface area contributed by atoms with Crippen molar-refractivity contribution < 1.29 is 27.4 Å². The predicted molar refractivity (Wildman–Crippen MR) is 164 cm³/mol. The molecule has 13 heteroatoms. The summed E-state index contributed by atoms with van der Waals surface area (Å²) in [6, 6.07) is 11.4. The number of fused-ring (bicyclic) bond motifs is 1. The molecule has 1 aliphatic heterocycles. The van der Waals surface area contributed by atoms with Gasteiger partial charge in [0.05, 0.1) is 37.0 Å². The van der Waals surface area contributed by atoms with Gasteiger partial charge in [-0.2, -0.15) is 13.2 Å². The van der Waals surface area contributed by atoms with E-state index in [1.54, 1.807) is 36.8 Å². The molecule has 3 heterocycles. The van der Waals surface area contributed by atoms with Crippen LogP contribution in [-0.2, 0) is 10.9 Å². The second-order valence-electron chi connectivity index (χ2n) is 10.4. The molecule has 1 saturated heterocycles. The van der Waals surface area contributed by atoms with E-state index in [0.29, 0.717) is 71.2 Å². The summed E-state index contributed by atoms with van der Waals surface area (Å²) in [5.74, 6) is 0.528. The maximum Gasteiger partial charge on any atom is 0.416 e. The van der Waals surface area contributed by atoms with Crippen molar-refractivity contribution in [1.29, 1.82) is 0 Å². The number of benzene rings is 3. The van der Waals surface area contributed by atoms with Crippen LogP contribution in [0.4, 0.5) is 30.8 Å². The average molecular weight is 616 g/mol. The zero-order chi connectivity index (χ0) is 31.7. The molecular weight excluding hydrogens is 587 g/mol. The quantitative estimate of drug-likeness (QED) is 0.245. The van der Waals surface area contributed by atoms with E-state index >= 15 is 0 Å². The average Bonchev–Trinajstić information content (AvgIpc) is 3.04. The molecule has 1 aliphatic rings.